The molecule has 1 heterocycles. The summed E-state index contributed by atoms with van der Waals surface area (Å²) in [7, 11) is -2.15. The van der Waals surface area contributed by atoms with Crippen molar-refractivity contribution in [2.75, 3.05) is 7.11 Å². The Bertz CT molecular complexity index is 726. The van der Waals surface area contributed by atoms with E-state index in [9.17, 15) is 8.42 Å². The largest absolute Gasteiger partial charge is 0.497 e. The molecule has 0 unspecified atom stereocenters. The van der Waals surface area contributed by atoms with Gasteiger partial charge in [0.05, 0.1) is 11.4 Å². The summed E-state index contributed by atoms with van der Waals surface area (Å²) in [5.41, 5.74) is 0.817. The minimum Gasteiger partial charge on any atom is -0.497 e. The van der Waals surface area contributed by atoms with Crippen molar-refractivity contribution < 1.29 is 13.2 Å². The molecule has 0 bridgehead atoms. The quantitative estimate of drug-likeness (QED) is 0.867. The molecule has 0 spiro atoms. The summed E-state index contributed by atoms with van der Waals surface area (Å²) in [4.78, 5) is -0.000437. The van der Waals surface area contributed by atoms with Crippen LogP contribution in [0.25, 0.3) is 0 Å². The molecule has 21 heavy (non-hydrogen) atoms. The number of methoxy groups -OCH3 is 1. The van der Waals surface area contributed by atoms with E-state index in [1.54, 1.807) is 38.3 Å². The van der Waals surface area contributed by atoms with E-state index in [0.717, 1.165) is 16.9 Å². The maximum atomic E-state index is 12.3. The molecule has 1 aromatic heterocycles. The molecule has 0 fully saturated rings. The van der Waals surface area contributed by atoms with Crippen LogP contribution in [0.1, 0.15) is 18.5 Å². The zero-order chi connectivity index (χ0) is 15.6. The van der Waals surface area contributed by atoms with Crippen LogP contribution in [0.4, 0.5) is 0 Å². The number of sulfonamides is 1. The van der Waals surface area contributed by atoms with Crippen LogP contribution in [-0.4, -0.2) is 15.5 Å². The van der Waals surface area contributed by atoms with Crippen LogP contribution in [0.2, 0.25) is 8.67 Å². The molecular weight excluding hydrogens is 353 g/mol. The average Bonchev–Trinajstić information content (AvgIpc) is 2.78. The highest BCUT2D eigenvalue weighted by atomic mass is 35.5. The van der Waals surface area contributed by atoms with Crippen LogP contribution in [-0.2, 0) is 10.0 Å². The summed E-state index contributed by atoms with van der Waals surface area (Å²) >= 11 is 12.7. The molecule has 2 rings (SSSR count). The van der Waals surface area contributed by atoms with E-state index >= 15 is 0 Å². The topological polar surface area (TPSA) is 55.4 Å². The van der Waals surface area contributed by atoms with E-state index < -0.39 is 16.1 Å². The molecule has 2 aromatic rings. The Morgan fingerprint density at radius 2 is 1.86 bits per heavy atom. The van der Waals surface area contributed by atoms with E-state index in [2.05, 4.69) is 4.72 Å². The van der Waals surface area contributed by atoms with Gasteiger partial charge in [-0.25, -0.2) is 13.1 Å². The summed E-state index contributed by atoms with van der Waals surface area (Å²) in [6, 6.07) is 8.08. The third-order valence-electron chi connectivity index (χ3n) is 2.86. The fourth-order valence-corrected chi connectivity index (χ4v) is 5.15. The highest BCUT2D eigenvalue weighted by Crippen LogP contribution is 2.34. The number of hydrogen-bond donors (Lipinski definition) is 1. The first-order valence-corrected chi connectivity index (χ1v) is 9.00. The monoisotopic (exact) mass is 365 g/mol. The Hall–Kier alpha value is -0.790. The van der Waals surface area contributed by atoms with Gasteiger partial charge in [0.1, 0.15) is 15.0 Å². The van der Waals surface area contributed by atoms with Gasteiger partial charge in [0.25, 0.3) is 0 Å². The van der Waals surface area contributed by atoms with Crippen molar-refractivity contribution in [1.29, 1.82) is 0 Å². The van der Waals surface area contributed by atoms with Crippen molar-refractivity contribution >= 4 is 44.6 Å². The summed E-state index contributed by atoms with van der Waals surface area (Å²) in [6.07, 6.45) is 0. The van der Waals surface area contributed by atoms with Gasteiger partial charge in [-0.1, -0.05) is 35.3 Å². The van der Waals surface area contributed by atoms with Gasteiger partial charge in [-0.3, -0.25) is 0 Å². The van der Waals surface area contributed by atoms with E-state index in [-0.39, 0.29) is 9.23 Å². The lowest BCUT2D eigenvalue weighted by atomic mass is 10.1. The van der Waals surface area contributed by atoms with Gasteiger partial charge in [-0.15, -0.1) is 11.3 Å². The second-order valence-corrected chi connectivity index (χ2v) is 8.27. The number of halogens is 2. The van der Waals surface area contributed by atoms with Gasteiger partial charge in [0.15, 0.2) is 0 Å². The van der Waals surface area contributed by atoms with Crippen LogP contribution >= 0.6 is 34.5 Å². The fourth-order valence-electron chi connectivity index (χ4n) is 1.77. The predicted molar refractivity (Wildman–Crippen MR) is 86.1 cm³/mol. The predicted octanol–water partition coefficient (Wildman–Crippen LogP) is 4.10. The lowest BCUT2D eigenvalue weighted by Crippen LogP contribution is -2.26. The molecule has 0 aliphatic heterocycles. The molecule has 1 N–H and O–H groups in total. The Balaban J connectivity index is 2.21. The highest BCUT2D eigenvalue weighted by Gasteiger charge is 2.23. The first-order chi connectivity index (χ1) is 9.83. The molecule has 0 aliphatic rings. The molecule has 0 aliphatic carbocycles. The fraction of sp³-hybridized carbons (Fsp3) is 0.231. The lowest BCUT2D eigenvalue weighted by Gasteiger charge is -2.14. The SMILES string of the molecule is COc1ccc([C@@H](C)NS(=O)(=O)c2cc(Cl)sc2Cl)cc1. The number of thiophene rings is 1. The van der Waals surface area contributed by atoms with E-state index in [1.807, 2.05) is 0 Å². The van der Waals surface area contributed by atoms with Crippen molar-refractivity contribution in [3.63, 3.8) is 0 Å². The standard InChI is InChI=1S/C13H13Cl2NO3S2/c1-8(9-3-5-10(19-2)6-4-9)16-21(17,18)11-7-12(14)20-13(11)15/h3-8,16H,1-2H3/t8-/m1/s1. The summed E-state index contributed by atoms with van der Waals surface area (Å²) < 4.78 is 32.7. The normalized spacial score (nSPS) is 13.1. The van der Waals surface area contributed by atoms with Gasteiger partial charge in [0.2, 0.25) is 10.0 Å². The first-order valence-electron chi connectivity index (χ1n) is 5.94. The molecule has 0 saturated heterocycles. The molecular formula is C13H13Cl2NO3S2. The third kappa shape index (κ3) is 3.90. The maximum absolute atomic E-state index is 12.3. The molecule has 0 saturated carbocycles. The number of ether oxygens (including phenoxy) is 1. The zero-order valence-corrected chi connectivity index (χ0v) is 14.4. The van der Waals surface area contributed by atoms with Gasteiger partial charge in [-0.05, 0) is 30.7 Å². The van der Waals surface area contributed by atoms with Crippen molar-refractivity contribution in [2.45, 2.75) is 17.9 Å². The molecule has 0 radical (unpaired) electrons. The summed E-state index contributed by atoms with van der Waals surface area (Å²) in [6.45, 7) is 1.75. The maximum Gasteiger partial charge on any atom is 0.243 e. The lowest BCUT2D eigenvalue weighted by molar-refractivity contribution is 0.414. The zero-order valence-electron chi connectivity index (χ0n) is 11.3. The molecule has 8 heteroatoms. The minimum atomic E-state index is -3.72. The first kappa shape index (κ1) is 16.6. The van der Waals surface area contributed by atoms with Gasteiger partial charge in [-0.2, -0.15) is 0 Å². The highest BCUT2D eigenvalue weighted by molar-refractivity contribution is 7.89. The van der Waals surface area contributed by atoms with Gasteiger partial charge >= 0.3 is 0 Å². The summed E-state index contributed by atoms with van der Waals surface area (Å²) in [5, 5.41) is 0. The van der Waals surface area contributed by atoms with Crippen LogP contribution in [0.5, 0.6) is 5.75 Å². The van der Waals surface area contributed by atoms with Crippen molar-refractivity contribution in [3.05, 3.63) is 44.6 Å². The number of hydrogen-bond acceptors (Lipinski definition) is 4. The van der Waals surface area contributed by atoms with Crippen LogP contribution in [0.15, 0.2) is 35.2 Å². The number of benzene rings is 1. The summed E-state index contributed by atoms with van der Waals surface area (Å²) in [5.74, 6) is 0.710. The van der Waals surface area contributed by atoms with Crippen LogP contribution in [0, 0.1) is 0 Å². The molecule has 4 nitrogen and oxygen atoms in total. The number of nitrogens with one attached hydrogen (secondary N) is 1. The minimum absolute atomic E-state index is 0.000437. The molecule has 114 valence electrons. The van der Waals surface area contributed by atoms with Crippen molar-refractivity contribution in [3.8, 4) is 5.75 Å². The Kier molecular flexibility index (Phi) is 5.16. The smallest absolute Gasteiger partial charge is 0.243 e. The van der Waals surface area contributed by atoms with Crippen molar-refractivity contribution in [1.82, 2.24) is 4.72 Å². The Labute approximate surface area is 137 Å². The van der Waals surface area contributed by atoms with Gasteiger partial charge in [0, 0.05) is 6.04 Å². The Morgan fingerprint density at radius 3 is 2.33 bits per heavy atom. The molecule has 1 aromatic carbocycles. The van der Waals surface area contributed by atoms with E-state index in [1.165, 1.54) is 6.07 Å². The van der Waals surface area contributed by atoms with Crippen LogP contribution < -0.4 is 9.46 Å². The second-order valence-electron chi connectivity index (χ2n) is 4.30. The Morgan fingerprint density at radius 1 is 1.24 bits per heavy atom. The third-order valence-corrected chi connectivity index (χ3v) is 6.16. The van der Waals surface area contributed by atoms with Crippen molar-refractivity contribution in [2.24, 2.45) is 0 Å². The number of rotatable bonds is 5. The average molecular weight is 366 g/mol. The second kappa shape index (κ2) is 6.54. The van der Waals surface area contributed by atoms with Crippen LogP contribution in [0.3, 0.4) is 0 Å². The van der Waals surface area contributed by atoms with Gasteiger partial charge < -0.3 is 4.74 Å². The molecule has 0 amide bonds. The van der Waals surface area contributed by atoms with E-state index in [0.29, 0.717) is 10.1 Å². The van der Waals surface area contributed by atoms with E-state index in [4.69, 9.17) is 27.9 Å². The molecule has 1 atom stereocenters.